The van der Waals surface area contributed by atoms with Crippen LogP contribution in [-0.2, 0) is 9.53 Å². The predicted octanol–water partition coefficient (Wildman–Crippen LogP) is -0.0856. The topological polar surface area (TPSA) is 119 Å². The Morgan fingerprint density at radius 3 is 2.48 bits per heavy atom. The van der Waals surface area contributed by atoms with E-state index >= 15 is 0 Å². The van der Waals surface area contributed by atoms with Crippen molar-refractivity contribution in [3.8, 4) is 0 Å². The number of hydrogen-bond donors (Lipinski definition) is 1. The minimum absolute atomic E-state index is 0.0623. The number of methoxy groups -OCH3 is 1. The smallest absolute Gasteiger partial charge is 0.324 e. The summed E-state index contributed by atoms with van der Waals surface area (Å²) in [6.07, 6.45) is 0. The number of piperazine rings is 1. The number of amides is 2. The number of ether oxygens (including phenoxy) is 1. The van der Waals surface area contributed by atoms with Gasteiger partial charge in [0, 0.05) is 39.4 Å². The van der Waals surface area contributed by atoms with Crippen molar-refractivity contribution in [3.63, 3.8) is 0 Å². The molecule has 0 aromatic carbocycles. The van der Waals surface area contributed by atoms with Crippen molar-refractivity contribution in [3.05, 3.63) is 27.1 Å². The van der Waals surface area contributed by atoms with Gasteiger partial charge in [-0.25, -0.2) is 0 Å². The highest BCUT2D eigenvalue weighted by molar-refractivity contribution is 7.17. The Labute approximate surface area is 136 Å². The summed E-state index contributed by atoms with van der Waals surface area (Å²) < 4.78 is 4.86. The first-order valence-corrected chi connectivity index (χ1v) is 7.82. The van der Waals surface area contributed by atoms with Gasteiger partial charge in [0.05, 0.1) is 16.4 Å². The van der Waals surface area contributed by atoms with E-state index in [1.54, 1.807) is 9.80 Å². The minimum atomic E-state index is -0.706. The molecule has 2 rings (SSSR count). The molecule has 0 spiro atoms. The van der Waals surface area contributed by atoms with Crippen molar-refractivity contribution in [2.24, 2.45) is 5.73 Å². The van der Waals surface area contributed by atoms with Crippen molar-refractivity contribution in [2.75, 3.05) is 39.9 Å². The van der Waals surface area contributed by atoms with E-state index in [9.17, 15) is 19.7 Å². The third-order valence-corrected chi connectivity index (χ3v) is 4.55. The van der Waals surface area contributed by atoms with E-state index < -0.39 is 11.0 Å². The molecule has 2 N–H and O–H groups in total. The quantitative estimate of drug-likeness (QED) is 0.590. The highest BCUT2D eigenvalue weighted by Crippen LogP contribution is 2.25. The summed E-state index contributed by atoms with van der Waals surface area (Å²) in [6, 6.07) is 2.07. The molecule has 1 aromatic heterocycles. The Morgan fingerprint density at radius 2 is 1.96 bits per heavy atom. The molecule has 1 aliphatic rings. The van der Waals surface area contributed by atoms with Crippen LogP contribution in [-0.4, -0.2) is 72.5 Å². The largest absolute Gasteiger partial charge is 0.383 e. The zero-order chi connectivity index (χ0) is 17.0. The predicted molar refractivity (Wildman–Crippen MR) is 83.3 cm³/mol. The van der Waals surface area contributed by atoms with Crippen LogP contribution >= 0.6 is 11.3 Å². The average molecular weight is 342 g/mol. The number of rotatable bonds is 5. The summed E-state index contributed by atoms with van der Waals surface area (Å²) >= 11 is 0.854. The first kappa shape index (κ1) is 17.3. The lowest BCUT2D eigenvalue weighted by atomic mass is 10.2. The monoisotopic (exact) mass is 342 g/mol. The van der Waals surface area contributed by atoms with E-state index in [1.165, 1.54) is 19.2 Å². The Balaban J connectivity index is 1.92. The highest BCUT2D eigenvalue weighted by Gasteiger charge is 2.28. The summed E-state index contributed by atoms with van der Waals surface area (Å²) in [5, 5.41) is 10.6. The van der Waals surface area contributed by atoms with Gasteiger partial charge in [0.25, 0.3) is 5.91 Å². The number of carbonyl (C=O) groups excluding carboxylic acids is 2. The van der Waals surface area contributed by atoms with Crippen LogP contribution in [0.15, 0.2) is 12.1 Å². The second kappa shape index (κ2) is 7.49. The fraction of sp³-hybridized carbons (Fsp3) is 0.538. The van der Waals surface area contributed by atoms with Crippen molar-refractivity contribution < 1.29 is 19.2 Å². The number of nitro groups is 1. The van der Waals surface area contributed by atoms with Crippen molar-refractivity contribution in [1.82, 2.24) is 9.80 Å². The summed E-state index contributed by atoms with van der Waals surface area (Å²) in [4.78, 5) is 38.0. The molecule has 1 aliphatic heterocycles. The Kier molecular flexibility index (Phi) is 5.64. The fourth-order valence-corrected chi connectivity index (χ4v) is 3.10. The van der Waals surface area contributed by atoms with Crippen LogP contribution in [0, 0.1) is 10.1 Å². The summed E-state index contributed by atoms with van der Waals surface area (Å²) in [6.45, 7) is 1.66. The van der Waals surface area contributed by atoms with E-state index in [1.807, 2.05) is 0 Å². The molecule has 9 nitrogen and oxygen atoms in total. The zero-order valence-corrected chi connectivity index (χ0v) is 13.5. The molecule has 1 fully saturated rings. The second-order valence-corrected chi connectivity index (χ2v) is 6.14. The Morgan fingerprint density at radius 1 is 1.35 bits per heavy atom. The van der Waals surface area contributed by atoms with Gasteiger partial charge >= 0.3 is 5.00 Å². The maximum atomic E-state index is 12.3. The van der Waals surface area contributed by atoms with Crippen LogP contribution in [0.4, 0.5) is 5.00 Å². The molecule has 0 aliphatic carbocycles. The molecular formula is C13H18N4O5S. The molecule has 126 valence electrons. The van der Waals surface area contributed by atoms with Crippen LogP contribution in [0.1, 0.15) is 9.67 Å². The van der Waals surface area contributed by atoms with E-state index in [0.29, 0.717) is 31.1 Å². The molecule has 23 heavy (non-hydrogen) atoms. The summed E-state index contributed by atoms with van der Waals surface area (Å²) in [5.41, 5.74) is 5.72. The SMILES string of the molecule is COCC(N)C(=O)N1CCN(C(=O)c2ccc([N+](=O)[O-])s2)CC1. The van der Waals surface area contributed by atoms with Gasteiger partial charge in [0.1, 0.15) is 6.04 Å². The van der Waals surface area contributed by atoms with Crippen LogP contribution in [0.5, 0.6) is 0 Å². The average Bonchev–Trinajstić information content (AvgIpc) is 3.04. The number of nitrogens with two attached hydrogens (primary N) is 1. The lowest BCUT2D eigenvalue weighted by molar-refractivity contribution is -0.380. The Bertz CT molecular complexity index is 597. The van der Waals surface area contributed by atoms with Gasteiger partial charge in [-0.05, 0) is 6.07 Å². The molecule has 0 saturated carbocycles. The maximum Gasteiger partial charge on any atom is 0.324 e. The molecule has 1 unspecified atom stereocenters. The normalized spacial score (nSPS) is 16.3. The van der Waals surface area contributed by atoms with Gasteiger partial charge in [-0.3, -0.25) is 19.7 Å². The molecular weight excluding hydrogens is 324 g/mol. The van der Waals surface area contributed by atoms with Gasteiger partial charge in [0.2, 0.25) is 5.91 Å². The van der Waals surface area contributed by atoms with E-state index in [2.05, 4.69) is 0 Å². The fourth-order valence-electron chi connectivity index (χ4n) is 2.31. The highest BCUT2D eigenvalue weighted by atomic mass is 32.1. The first-order chi connectivity index (χ1) is 10.9. The molecule has 1 saturated heterocycles. The van der Waals surface area contributed by atoms with Gasteiger partial charge in [-0.2, -0.15) is 0 Å². The minimum Gasteiger partial charge on any atom is -0.383 e. The summed E-state index contributed by atoms with van der Waals surface area (Å²) in [5.74, 6) is -0.456. The third-order valence-electron chi connectivity index (χ3n) is 3.52. The van der Waals surface area contributed by atoms with Crippen LogP contribution in [0.2, 0.25) is 0 Å². The lowest BCUT2D eigenvalue weighted by Gasteiger charge is -2.35. The first-order valence-electron chi connectivity index (χ1n) is 7.01. The Hall–Kier alpha value is -2.04. The lowest BCUT2D eigenvalue weighted by Crippen LogP contribution is -2.55. The molecule has 1 atom stereocenters. The van der Waals surface area contributed by atoms with Crippen molar-refractivity contribution in [1.29, 1.82) is 0 Å². The van der Waals surface area contributed by atoms with Crippen LogP contribution in [0.3, 0.4) is 0 Å². The standard InChI is InChI=1S/C13H18N4O5S/c1-22-8-9(14)12(18)15-4-6-16(7-5-15)13(19)10-2-3-11(23-10)17(20)21/h2-3,9H,4-8,14H2,1H3. The maximum absolute atomic E-state index is 12.3. The number of hydrogen-bond acceptors (Lipinski definition) is 7. The van der Waals surface area contributed by atoms with Gasteiger partial charge in [0.15, 0.2) is 0 Å². The molecule has 0 radical (unpaired) electrons. The number of carbonyl (C=O) groups is 2. The van der Waals surface area contributed by atoms with E-state index in [4.69, 9.17) is 10.5 Å². The molecule has 2 amide bonds. The molecule has 2 heterocycles. The van der Waals surface area contributed by atoms with Gasteiger partial charge in [-0.15, -0.1) is 0 Å². The zero-order valence-electron chi connectivity index (χ0n) is 12.6. The third kappa shape index (κ3) is 4.03. The summed E-state index contributed by atoms with van der Waals surface area (Å²) in [7, 11) is 1.48. The molecule has 1 aromatic rings. The molecule has 0 bridgehead atoms. The number of nitrogens with zero attached hydrogens (tertiary/aromatic N) is 3. The van der Waals surface area contributed by atoms with Crippen LogP contribution < -0.4 is 5.73 Å². The van der Waals surface area contributed by atoms with Crippen molar-refractivity contribution in [2.45, 2.75) is 6.04 Å². The van der Waals surface area contributed by atoms with Gasteiger partial charge in [-0.1, -0.05) is 11.3 Å². The van der Waals surface area contributed by atoms with Gasteiger partial charge < -0.3 is 20.3 Å². The molecule has 10 heteroatoms. The van der Waals surface area contributed by atoms with E-state index in [0.717, 1.165) is 11.3 Å². The van der Waals surface area contributed by atoms with Crippen molar-refractivity contribution >= 4 is 28.2 Å². The van der Waals surface area contributed by atoms with E-state index in [-0.39, 0.29) is 23.4 Å². The van der Waals surface area contributed by atoms with Crippen LogP contribution in [0.25, 0.3) is 0 Å². The number of thiophene rings is 1. The second-order valence-electron chi connectivity index (χ2n) is 5.07.